The Morgan fingerprint density at radius 1 is 1.07 bits per heavy atom. The van der Waals surface area contributed by atoms with Crippen LogP contribution in [0.25, 0.3) is 0 Å². The first-order valence-corrected chi connectivity index (χ1v) is 9.38. The molecule has 2 saturated heterocycles. The second-order valence-electron chi connectivity index (χ2n) is 7.02. The highest BCUT2D eigenvalue weighted by Gasteiger charge is 2.44. The second kappa shape index (κ2) is 7.86. The zero-order valence-electron chi connectivity index (χ0n) is 15.4. The van der Waals surface area contributed by atoms with Crippen molar-refractivity contribution in [1.82, 2.24) is 9.88 Å². The predicted molar refractivity (Wildman–Crippen MR) is 100 cm³/mol. The van der Waals surface area contributed by atoms with Crippen LogP contribution in [0.1, 0.15) is 25.7 Å². The summed E-state index contributed by atoms with van der Waals surface area (Å²) in [6.07, 6.45) is 7.39. The number of nitrogens with zero attached hydrogens (tertiary/aromatic N) is 2. The molecule has 6 nitrogen and oxygen atoms in total. The summed E-state index contributed by atoms with van der Waals surface area (Å²) in [7, 11) is 1.60. The van der Waals surface area contributed by atoms with Crippen molar-refractivity contribution in [3.63, 3.8) is 0 Å². The van der Waals surface area contributed by atoms with E-state index >= 15 is 0 Å². The summed E-state index contributed by atoms with van der Waals surface area (Å²) < 4.78 is 17.1. The highest BCUT2D eigenvalue weighted by molar-refractivity contribution is 5.79. The number of fused-ring (bicyclic) bond motifs is 2. The molecule has 1 aromatic heterocycles. The van der Waals surface area contributed by atoms with Gasteiger partial charge in [-0.1, -0.05) is 12.1 Å². The summed E-state index contributed by atoms with van der Waals surface area (Å²) in [5.74, 6) is 2.11. The number of rotatable bonds is 6. The first-order valence-electron chi connectivity index (χ1n) is 9.38. The molecule has 142 valence electrons. The molecular weight excluding hydrogens is 344 g/mol. The van der Waals surface area contributed by atoms with Gasteiger partial charge in [-0.25, -0.2) is 0 Å². The van der Waals surface area contributed by atoms with Gasteiger partial charge in [-0.3, -0.25) is 9.78 Å². The van der Waals surface area contributed by atoms with Gasteiger partial charge in [0, 0.05) is 37.3 Å². The van der Waals surface area contributed by atoms with E-state index in [-0.39, 0.29) is 30.7 Å². The summed E-state index contributed by atoms with van der Waals surface area (Å²) in [6, 6.07) is 11.6. The molecule has 2 unspecified atom stereocenters. The van der Waals surface area contributed by atoms with Crippen LogP contribution < -0.4 is 14.2 Å². The van der Waals surface area contributed by atoms with E-state index in [0.29, 0.717) is 11.5 Å². The van der Waals surface area contributed by atoms with E-state index in [1.165, 1.54) is 0 Å². The Bertz CT molecular complexity index is 769. The van der Waals surface area contributed by atoms with Gasteiger partial charge in [0.05, 0.1) is 7.11 Å². The number of carbonyl (C=O) groups excluding carboxylic acids is 1. The van der Waals surface area contributed by atoms with Crippen molar-refractivity contribution in [2.24, 2.45) is 0 Å². The van der Waals surface area contributed by atoms with Gasteiger partial charge in [-0.15, -0.1) is 0 Å². The van der Waals surface area contributed by atoms with E-state index in [1.807, 2.05) is 41.3 Å². The number of benzene rings is 1. The Labute approximate surface area is 159 Å². The zero-order valence-corrected chi connectivity index (χ0v) is 15.4. The third-order valence-electron chi connectivity index (χ3n) is 5.35. The van der Waals surface area contributed by atoms with Crippen molar-refractivity contribution < 1.29 is 19.0 Å². The number of ether oxygens (including phenoxy) is 3. The maximum Gasteiger partial charge on any atom is 0.261 e. The monoisotopic (exact) mass is 368 g/mol. The lowest BCUT2D eigenvalue weighted by Gasteiger charge is -2.38. The number of hydrogen-bond acceptors (Lipinski definition) is 5. The van der Waals surface area contributed by atoms with Crippen LogP contribution in [0.5, 0.6) is 17.2 Å². The van der Waals surface area contributed by atoms with Gasteiger partial charge in [0.2, 0.25) is 0 Å². The second-order valence-corrected chi connectivity index (χ2v) is 7.02. The normalized spacial score (nSPS) is 23.7. The van der Waals surface area contributed by atoms with Gasteiger partial charge < -0.3 is 19.1 Å². The summed E-state index contributed by atoms with van der Waals surface area (Å²) in [5, 5.41) is 0. The van der Waals surface area contributed by atoms with Crippen LogP contribution >= 0.6 is 0 Å². The first kappa shape index (κ1) is 17.6. The van der Waals surface area contributed by atoms with Crippen molar-refractivity contribution in [2.75, 3.05) is 13.7 Å². The molecule has 0 aliphatic carbocycles. The van der Waals surface area contributed by atoms with E-state index in [9.17, 15) is 4.79 Å². The minimum absolute atomic E-state index is 0.0310. The molecule has 4 rings (SSSR count). The van der Waals surface area contributed by atoms with Crippen LogP contribution in [-0.2, 0) is 4.79 Å². The zero-order chi connectivity index (χ0) is 18.6. The van der Waals surface area contributed by atoms with Gasteiger partial charge in [0.15, 0.2) is 18.1 Å². The lowest BCUT2D eigenvalue weighted by Crippen LogP contribution is -2.50. The Balaban J connectivity index is 1.35. The van der Waals surface area contributed by atoms with Gasteiger partial charge >= 0.3 is 0 Å². The Hall–Kier alpha value is -2.76. The molecule has 2 fully saturated rings. The molecule has 2 bridgehead atoms. The SMILES string of the molecule is COc1ccccc1OCC(=O)N1C2CCC1CC(Oc1ccncc1)C2. The minimum Gasteiger partial charge on any atom is -0.493 e. The number of hydrogen-bond donors (Lipinski definition) is 0. The first-order chi connectivity index (χ1) is 13.2. The molecule has 0 radical (unpaired) electrons. The largest absolute Gasteiger partial charge is 0.493 e. The fourth-order valence-corrected chi connectivity index (χ4v) is 4.19. The van der Waals surface area contributed by atoms with Crippen LogP contribution in [0.3, 0.4) is 0 Å². The smallest absolute Gasteiger partial charge is 0.261 e. The van der Waals surface area contributed by atoms with Crippen LogP contribution in [0.2, 0.25) is 0 Å². The highest BCUT2D eigenvalue weighted by atomic mass is 16.5. The Kier molecular flexibility index (Phi) is 5.14. The molecule has 27 heavy (non-hydrogen) atoms. The van der Waals surface area contributed by atoms with Crippen LogP contribution in [0.4, 0.5) is 0 Å². The quantitative estimate of drug-likeness (QED) is 0.784. The number of para-hydroxylation sites is 2. The van der Waals surface area contributed by atoms with Crippen molar-refractivity contribution >= 4 is 5.91 Å². The van der Waals surface area contributed by atoms with Crippen molar-refractivity contribution in [2.45, 2.75) is 43.9 Å². The van der Waals surface area contributed by atoms with Gasteiger partial charge in [-0.05, 0) is 37.1 Å². The standard InChI is InChI=1S/C21H24N2O4/c1-25-19-4-2-3-5-20(19)26-14-21(24)23-15-6-7-16(23)13-18(12-15)27-17-8-10-22-11-9-17/h2-5,8-11,15-16,18H,6-7,12-14H2,1H3. The Morgan fingerprint density at radius 2 is 1.74 bits per heavy atom. The predicted octanol–water partition coefficient (Wildman–Crippen LogP) is 3.07. The lowest BCUT2D eigenvalue weighted by molar-refractivity contribution is -0.139. The number of piperidine rings is 1. The lowest BCUT2D eigenvalue weighted by atomic mass is 9.99. The van der Waals surface area contributed by atoms with E-state index < -0.39 is 0 Å². The number of amides is 1. The number of methoxy groups -OCH3 is 1. The van der Waals surface area contributed by atoms with Gasteiger partial charge in [0.1, 0.15) is 11.9 Å². The third kappa shape index (κ3) is 3.84. The summed E-state index contributed by atoms with van der Waals surface area (Å²) in [5.41, 5.74) is 0. The summed E-state index contributed by atoms with van der Waals surface area (Å²) in [4.78, 5) is 18.8. The Morgan fingerprint density at radius 3 is 2.41 bits per heavy atom. The minimum atomic E-state index is 0.0310. The van der Waals surface area contributed by atoms with Crippen molar-refractivity contribution in [3.05, 3.63) is 48.8 Å². The maximum absolute atomic E-state index is 12.8. The van der Waals surface area contributed by atoms with Gasteiger partial charge in [0.25, 0.3) is 5.91 Å². The fraction of sp³-hybridized carbons (Fsp3) is 0.429. The molecule has 3 heterocycles. The molecule has 0 N–H and O–H groups in total. The van der Waals surface area contributed by atoms with Gasteiger partial charge in [-0.2, -0.15) is 0 Å². The maximum atomic E-state index is 12.8. The number of carbonyl (C=O) groups is 1. The number of aromatic nitrogens is 1. The topological polar surface area (TPSA) is 60.9 Å². The molecule has 0 spiro atoms. The molecule has 6 heteroatoms. The van der Waals surface area contributed by atoms with Crippen molar-refractivity contribution in [3.8, 4) is 17.2 Å². The highest BCUT2D eigenvalue weighted by Crippen LogP contribution is 2.37. The van der Waals surface area contributed by atoms with E-state index in [2.05, 4.69) is 4.98 Å². The molecule has 2 atom stereocenters. The molecule has 2 aliphatic heterocycles. The molecule has 2 aromatic rings. The van der Waals surface area contributed by atoms with E-state index in [0.717, 1.165) is 31.4 Å². The fourth-order valence-electron chi connectivity index (χ4n) is 4.19. The third-order valence-corrected chi connectivity index (χ3v) is 5.35. The summed E-state index contributed by atoms with van der Waals surface area (Å²) in [6.45, 7) is 0.0310. The molecule has 1 aromatic carbocycles. The number of pyridine rings is 1. The average Bonchev–Trinajstić information content (AvgIpc) is 2.98. The van der Waals surface area contributed by atoms with Crippen LogP contribution in [0, 0.1) is 0 Å². The van der Waals surface area contributed by atoms with E-state index in [1.54, 1.807) is 19.5 Å². The van der Waals surface area contributed by atoms with Crippen LogP contribution in [0.15, 0.2) is 48.8 Å². The molecule has 2 aliphatic rings. The van der Waals surface area contributed by atoms with Crippen molar-refractivity contribution in [1.29, 1.82) is 0 Å². The van der Waals surface area contributed by atoms with E-state index in [4.69, 9.17) is 14.2 Å². The average molecular weight is 368 g/mol. The summed E-state index contributed by atoms with van der Waals surface area (Å²) >= 11 is 0. The molecule has 0 saturated carbocycles. The molecule has 1 amide bonds. The van der Waals surface area contributed by atoms with Crippen LogP contribution in [-0.4, -0.2) is 47.7 Å². The molecular formula is C21H24N2O4.